The third-order valence-electron chi connectivity index (χ3n) is 1.36. The van der Waals surface area contributed by atoms with Crippen LogP contribution in [0.15, 0.2) is 24.3 Å². The molecule has 0 saturated carbocycles. The number of hydrogen-bond acceptors (Lipinski definition) is 1. The molecule has 0 heterocycles. The van der Waals surface area contributed by atoms with Gasteiger partial charge in [0.15, 0.2) is 0 Å². The summed E-state index contributed by atoms with van der Waals surface area (Å²) in [5, 5.41) is 7.08. The summed E-state index contributed by atoms with van der Waals surface area (Å²) >= 11 is 0. The van der Waals surface area contributed by atoms with Gasteiger partial charge < -0.3 is 5.73 Å². The standard InChI is InChI=1S/C7H9BN2/c8-6-3-1-5(2-4-6)7(9)10/h1-4H,8H2,(H3,9,10). The quantitative estimate of drug-likeness (QED) is 0.294. The Morgan fingerprint density at radius 1 is 1.30 bits per heavy atom. The maximum absolute atomic E-state index is 7.08. The van der Waals surface area contributed by atoms with Crippen LogP contribution in [0.25, 0.3) is 0 Å². The highest BCUT2D eigenvalue weighted by Crippen LogP contribution is 1.92. The summed E-state index contributed by atoms with van der Waals surface area (Å²) < 4.78 is 0. The zero-order valence-corrected chi connectivity index (χ0v) is 5.89. The average molecular weight is 132 g/mol. The Morgan fingerprint density at radius 2 is 1.80 bits per heavy atom. The molecule has 0 aliphatic carbocycles. The van der Waals surface area contributed by atoms with E-state index in [1.54, 1.807) is 0 Å². The molecule has 1 aromatic rings. The predicted molar refractivity (Wildman–Crippen MR) is 45.6 cm³/mol. The molecule has 0 amide bonds. The van der Waals surface area contributed by atoms with Crippen LogP contribution in [0, 0.1) is 5.41 Å². The lowest BCUT2D eigenvalue weighted by atomic mass is 9.95. The normalized spacial score (nSPS) is 9.20. The molecule has 10 heavy (non-hydrogen) atoms. The van der Waals surface area contributed by atoms with Crippen molar-refractivity contribution in [3.8, 4) is 0 Å². The molecule has 3 heteroatoms. The molecule has 0 aliphatic heterocycles. The van der Waals surface area contributed by atoms with E-state index in [0.29, 0.717) is 0 Å². The van der Waals surface area contributed by atoms with Crippen molar-refractivity contribution in [2.75, 3.05) is 0 Å². The van der Waals surface area contributed by atoms with Gasteiger partial charge in [0.2, 0.25) is 0 Å². The Hall–Kier alpha value is -1.25. The Balaban J connectivity index is 3.00. The van der Waals surface area contributed by atoms with Crippen molar-refractivity contribution in [3.63, 3.8) is 0 Å². The molecule has 1 rings (SSSR count). The third kappa shape index (κ3) is 1.38. The minimum atomic E-state index is 0.125. The summed E-state index contributed by atoms with van der Waals surface area (Å²) in [7, 11) is 2.00. The first kappa shape index (κ1) is 6.87. The molecular formula is C7H9BN2. The lowest BCUT2D eigenvalue weighted by Gasteiger charge is -1.96. The van der Waals surface area contributed by atoms with Gasteiger partial charge in [-0.3, -0.25) is 5.41 Å². The van der Waals surface area contributed by atoms with Crippen LogP contribution < -0.4 is 11.2 Å². The smallest absolute Gasteiger partial charge is 0.139 e. The van der Waals surface area contributed by atoms with Gasteiger partial charge in [0, 0.05) is 5.56 Å². The van der Waals surface area contributed by atoms with Crippen LogP contribution in [0.3, 0.4) is 0 Å². The molecule has 50 valence electrons. The van der Waals surface area contributed by atoms with Crippen LogP contribution in [0.5, 0.6) is 0 Å². The molecule has 0 atom stereocenters. The number of rotatable bonds is 1. The summed E-state index contributed by atoms with van der Waals surface area (Å²) in [6.07, 6.45) is 0. The van der Waals surface area contributed by atoms with Crippen molar-refractivity contribution < 1.29 is 0 Å². The summed E-state index contributed by atoms with van der Waals surface area (Å²) in [6, 6.07) is 7.57. The lowest BCUT2D eigenvalue weighted by molar-refractivity contribution is 1.43. The maximum atomic E-state index is 7.08. The highest BCUT2D eigenvalue weighted by molar-refractivity contribution is 6.32. The number of amidine groups is 1. The topological polar surface area (TPSA) is 49.9 Å². The molecule has 0 spiro atoms. The Morgan fingerprint density at radius 3 is 2.20 bits per heavy atom. The van der Waals surface area contributed by atoms with Gasteiger partial charge in [0.25, 0.3) is 0 Å². The van der Waals surface area contributed by atoms with Crippen LogP contribution >= 0.6 is 0 Å². The van der Waals surface area contributed by atoms with E-state index >= 15 is 0 Å². The van der Waals surface area contributed by atoms with E-state index in [4.69, 9.17) is 11.1 Å². The van der Waals surface area contributed by atoms with Crippen molar-refractivity contribution >= 4 is 19.1 Å². The van der Waals surface area contributed by atoms with Gasteiger partial charge in [0.05, 0.1) is 0 Å². The second-order valence-corrected chi connectivity index (χ2v) is 2.28. The molecule has 3 N–H and O–H groups in total. The first-order valence-electron chi connectivity index (χ1n) is 3.11. The van der Waals surface area contributed by atoms with E-state index in [1.807, 2.05) is 32.1 Å². The van der Waals surface area contributed by atoms with E-state index in [2.05, 4.69) is 0 Å². The van der Waals surface area contributed by atoms with Crippen LogP contribution in [0.2, 0.25) is 0 Å². The molecule has 0 unspecified atom stereocenters. The average Bonchev–Trinajstić information content (AvgIpc) is 1.88. The molecule has 0 bridgehead atoms. The minimum Gasteiger partial charge on any atom is -0.384 e. The van der Waals surface area contributed by atoms with Crippen LogP contribution in [-0.2, 0) is 0 Å². The zero-order valence-electron chi connectivity index (χ0n) is 5.89. The SMILES string of the molecule is Bc1ccc(C(=N)N)cc1. The van der Waals surface area contributed by atoms with Crippen molar-refractivity contribution in [2.24, 2.45) is 5.73 Å². The molecule has 0 aromatic heterocycles. The second kappa shape index (κ2) is 2.56. The predicted octanol–water partition coefficient (Wildman–Crippen LogP) is -0.771. The fraction of sp³-hybridized carbons (Fsp3) is 0. The van der Waals surface area contributed by atoms with Gasteiger partial charge in [-0.2, -0.15) is 0 Å². The fourth-order valence-corrected chi connectivity index (χ4v) is 0.733. The fourth-order valence-electron chi connectivity index (χ4n) is 0.733. The van der Waals surface area contributed by atoms with Crippen molar-refractivity contribution in [2.45, 2.75) is 0 Å². The van der Waals surface area contributed by atoms with Gasteiger partial charge in [-0.1, -0.05) is 29.7 Å². The van der Waals surface area contributed by atoms with Crippen molar-refractivity contribution in [1.29, 1.82) is 5.41 Å². The Bertz CT molecular complexity index is 240. The highest BCUT2D eigenvalue weighted by Gasteiger charge is 1.92. The summed E-state index contributed by atoms with van der Waals surface area (Å²) in [6.45, 7) is 0. The molecule has 0 saturated heterocycles. The Kier molecular flexibility index (Phi) is 1.76. The van der Waals surface area contributed by atoms with E-state index in [9.17, 15) is 0 Å². The number of benzene rings is 1. The van der Waals surface area contributed by atoms with Crippen molar-refractivity contribution in [1.82, 2.24) is 0 Å². The lowest BCUT2D eigenvalue weighted by Crippen LogP contribution is -2.12. The first-order valence-corrected chi connectivity index (χ1v) is 3.11. The summed E-state index contributed by atoms with van der Waals surface area (Å²) in [4.78, 5) is 0. The molecule has 1 aromatic carbocycles. The monoisotopic (exact) mass is 132 g/mol. The number of hydrogen-bond donors (Lipinski definition) is 2. The van der Waals surface area contributed by atoms with E-state index < -0.39 is 0 Å². The van der Waals surface area contributed by atoms with E-state index in [0.717, 1.165) is 5.56 Å². The van der Waals surface area contributed by atoms with E-state index in [-0.39, 0.29) is 5.84 Å². The van der Waals surface area contributed by atoms with Gasteiger partial charge in [-0.25, -0.2) is 0 Å². The zero-order chi connectivity index (χ0) is 7.56. The van der Waals surface area contributed by atoms with Crippen molar-refractivity contribution in [3.05, 3.63) is 29.8 Å². The third-order valence-corrected chi connectivity index (χ3v) is 1.36. The number of nitrogens with two attached hydrogens (primary N) is 1. The van der Waals surface area contributed by atoms with Gasteiger partial charge in [-0.05, 0) is 0 Å². The number of nitrogens with one attached hydrogen (secondary N) is 1. The Labute approximate surface area is 61.0 Å². The summed E-state index contributed by atoms with van der Waals surface area (Å²) in [5.41, 5.74) is 7.22. The maximum Gasteiger partial charge on any atom is 0.139 e. The summed E-state index contributed by atoms with van der Waals surface area (Å²) in [5.74, 6) is 0.125. The first-order chi connectivity index (χ1) is 4.70. The molecule has 0 aliphatic rings. The molecule has 2 nitrogen and oxygen atoms in total. The largest absolute Gasteiger partial charge is 0.384 e. The van der Waals surface area contributed by atoms with Gasteiger partial charge in [-0.15, -0.1) is 0 Å². The molecule has 0 radical (unpaired) electrons. The second-order valence-electron chi connectivity index (χ2n) is 2.28. The van der Waals surface area contributed by atoms with E-state index in [1.165, 1.54) is 5.46 Å². The molecular weight excluding hydrogens is 123 g/mol. The van der Waals surface area contributed by atoms with Crippen LogP contribution in [-0.4, -0.2) is 13.7 Å². The van der Waals surface area contributed by atoms with Gasteiger partial charge >= 0.3 is 0 Å². The van der Waals surface area contributed by atoms with Crippen LogP contribution in [0.1, 0.15) is 5.56 Å². The van der Waals surface area contributed by atoms with Gasteiger partial charge in [0.1, 0.15) is 13.7 Å². The molecule has 0 fully saturated rings. The number of nitrogen functional groups attached to an aromatic ring is 1. The minimum absolute atomic E-state index is 0.125. The van der Waals surface area contributed by atoms with Crippen LogP contribution in [0.4, 0.5) is 0 Å². The highest BCUT2D eigenvalue weighted by atomic mass is 14.7.